The van der Waals surface area contributed by atoms with Crippen LogP contribution in [-0.2, 0) is 13.0 Å². The molecule has 2 aliphatic rings. The Hall–Kier alpha value is -0.940. The van der Waals surface area contributed by atoms with Crippen molar-refractivity contribution >= 4 is 0 Å². The number of rotatable bonds is 2. The first-order chi connectivity index (χ1) is 8.65. The van der Waals surface area contributed by atoms with Crippen LogP contribution in [0.3, 0.4) is 0 Å². The van der Waals surface area contributed by atoms with Crippen LogP contribution in [-0.4, -0.2) is 44.8 Å². The molecule has 18 heavy (non-hydrogen) atoms. The van der Waals surface area contributed by atoms with Crippen LogP contribution in [0.15, 0.2) is 0 Å². The predicted molar refractivity (Wildman–Crippen MR) is 70.4 cm³/mol. The molecule has 1 aromatic heterocycles. The van der Waals surface area contributed by atoms with E-state index in [9.17, 15) is 0 Å². The van der Waals surface area contributed by atoms with E-state index in [-0.39, 0.29) is 6.04 Å². The Morgan fingerprint density at radius 3 is 2.78 bits per heavy atom. The van der Waals surface area contributed by atoms with Gasteiger partial charge in [-0.25, -0.2) is 0 Å². The van der Waals surface area contributed by atoms with E-state index in [0.717, 1.165) is 31.8 Å². The number of aromatic nitrogens is 3. The largest absolute Gasteiger partial charge is 0.327 e. The van der Waals surface area contributed by atoms with Gasteiger partial charge >= 0.3 is 0 Å². The summed E-state index contributed by atoms with van der Waals surface area (Å²) in [6.07, 6.45) is 3.15. The van der Waals surface area contributed by atoms with E-state index in [1.165, 1.54) is 18.8 Å². The Morgan fingerprint density at radius 2 is 2.06 bits per heavy atom. The van der Waals surface area contributed by atoms with Crippen molar-refractivity contribution in [2.24, 2.45) is 5.73 Å². The number of hydrogen-bond acceptors (Lipinski definition) is 4. The molecule has 3 heterocycles. The lowest BCUT2D eigenvalue weighted by molar-refractivity contribution is 0.271. The summed E-state index contributed by atoms with van der Waals surface area (Å²) in [5.74, 6) is 2.84. The zero-order valence-electron chi connectivity index (χ0n) is 11.3. The summed E-state index contributed by atoms with van der Waals surface area (Å²) < 4.78 is 2.32. The molecule has 2 unspecified atom stereocenters. The van der Waals surface area contributed by atoms with Gasteiger partial charge in [0.1, 0.15) is 11.6 Å². The molecule has 0 bridgehead atoms. The fourth-order valence-electron chi connectivity index (χ4n) is 3.14. The molecular weight excluding hydrogens is 226 g/mol. The molecule has 5 nitrogen and oxygen atoms in total. The van der Waals surface area contributed by atoms with Gasteiger partial charge in [-0.3, -0.25) is 0 Å². The Labute approximate surface area is 108 Å². The zero-order chi connectivity index (χ0) is 12.7. The van der Waals surface area contributed by atoms with Gasteiger partial charge in [0.05, 0.1) is 0 Å². The highest BCUT2D eigenvalue weighted by molar-refractivity contribution is 5.08. The molecule has 3 rings (SSSR count). The van der Waals surface area contributed by atoms with E-state index in [1.54, 1.807) is 0 Å². The summed E-state index contributed by atoms with van der Waals surface area (Å²) in [4.78, 5) is 2.53. The number of hydrogen-bond donors (Lipinski definition) is 1. The van der Waals surface area contributed by atoms with E-state index in [1.807, 2.05) is 0 Å². The fraction of sp³-hybridized carbons (Fsp3) is 0.846. The molecule has 1 fully saturated rings. The highest BCUT2D eigenvalue weighted by atomic mass is 15.3. The Bertz CT molecular complexity index is 425. The van der Waals surface area contributed by atoms with Crippen LogP contribution in [0.5, 0.6) is 0 Å². The molecule has 2 N–H and O–H groups in total. The predicted octanol–water partition coefficient (Wildman–Crippen LogP) is 0.749. The van der Waals surface area contributed by atoms with E-state index >= 15 is 0 Å². The quantitative estimate of drug-likeness (QED) is 0.840. The molecule has 1 aromatic rings. The summed E-state index contributed by atoms with van der Waals surface area (Å²) in [5, 5.41) is 8.77. The molecule has 0 saturated carbocycles. The van der Waals surface area contributed by atoms with Crippen molar-refractivity contribution in [3.63, 3.8) is 0 Å². The van der Waals surface area contributed by atoms with Gasteiger partial charge in [0.15, 0.2) is 0 Å². The van der Waals surface area contributed by atoms with Gasteiger partial charge in [-0.05, 0) is 33.2 Å². The number of nitrogens with zero attached hydrogens (tertiary/aromatic N) is 4. The Morgan fingerprint density at radius 1 is 1.22 bits per heavy atom. The summed E-state index contributed by atoms with van der Waals surface area (Å²) in [7, 11) is 0. The van der Waals surface area contributed by atoms with E-state index in [2.05, 4.69) is 33.5 Å². The van der Waals surface area contributed by atoms with Crippen LogP contribution in [0.4, 0.5) is 0 Å². The zero-order valence-corrected chi connectivity index (χ0v) is 11.3. The molecule has 2 aliphatic heterocycles. The summed E-state index contributed by atoms with van der Waals surface area (Å²) >= 11 is 0. The third-order valence-corrected chi connectivity index (χ3v) is 4.34. The maximum Gasteiger partial charge on any atom is 0.137 e. The van der Waals surface area contributed by atoms with Crippen LogP contribution in [0.25, 0.3) is 0 Å². The highest BCUT2D eigenvalue weighted by Gasteiger charge is 2.31. The smallest absolute Gasteiger partial charge is 0.137 e. The van der Waals surface area contributed by atoms with Crippen LogP contribution in [0, 0.1) is 0 Å². The van der Waals surface area contributed by atoms with Crippen LogP contribution in [0.2, 0.25) is 0 Å². The summed E-state index contributed by atoms with van der Waals surface area (Å²) in [6, 6.07) is 0.900. The number of nitrogens with two attached hydrogens (primary N) is 1. The molecule has 2 atom stereocenters. The molecule has 0 aromatic carbocycles. The van der Waals surface area contributed by atoms with Crippen molar-refractivity contribution in [3.05, 3.63) is 11.6 Å². The number of fused-ring (bicyclic) bond motifs is 1. The topological polar surface area (TPSA) is 60.0 Å². The highest BCUT2D eigenvalue weighted by Crippen LogP contribution is 2.29. The van der Waals surface area contributed by atoms with Crippen molar-refractivity contribution in [2.45, 2.75) is 57.7 Å². The summed E-state index contributed by atoms with van der Waals surface area (Å²) in [6.45, 7) is 7.84. The third-order valence-electron chi connectivity index (χ3n) is 4.34. The van der Waals surface area contributed by atoms with Gasteiger partial charge in [0, 0.05) is 37.5 Å². The normalized spacial score (nSPS) is 28.9. The van der Waals surface area contributed by atoms with Crippen molar-refractivity contribution in [1.82, 2.24) is 19.7 Å². The molecule has 5 heteroatoms. The van der Waals surface area contributed by atoms with Crippen LogP contribution < -0.4 is 5.73 Å². The Balaban J connectivity index is 1.78. The molecule has 0 radical (unpaired) electrons. The molecule has 1 saturated heterocycles. The molecule has 0 aliphatic carbocycles. The monoisotopic (exact) mass is 249 g/mol. The van der Waals surface area contributed by atoms with E-state index in [0.29, 0.717) is 12.0 Å². The van der Waals surface area contributed by atoms with Crippen LogP contribution >= 0.6 is 0 Å². The minimum Gasteiger partial charge on any atom is -0.327 e. The lowest BCUT2D eigenvalue weighted by atomic mass is 10.0. The second kappa shape index (κ2) is 4.63. The van der Waals surface area contributed by atoms with Crippen molar-refractivity contribution in [1.29, 1.82) is 0 Å². The first kappa shape index (κ1) is 12.1. The SMILES string of the molecule is CC(C)N1CCC(c2nnc3n2CCC(N)C3)C1. The van der Waals surface area contributed by atoms with Gasteiger partial charge in [-0.1, -0.05) is 0 Å². The van der Waals surface area contributed by atoms with E-state index in [4.69, 9.17) is 5.73 Å². The van der Waals surface area contributed by atoms with Crippen molar-refractivity contribution in [2.75, 3.05) is 13.1 Å². The van der Waals surface area contributed by atoms with Gasteiger partial charge in [-0.2, -0.15) is 0 Å². The molecule has 0 amide bonds. The van der Waals surface area contributed by atoms with Gasteiger partial charge < -0.3 is 15.2 Å². The first-order valence-electron chi connectivity index (χ1n) is 7.06. The molecule has 100 valence electrons. The second-order valence-corrected chi connectivity index (χ2v) is 5.95. The Kier molecular flexibility index (Phi) is 3.11. The fourth-order valence-corrected chi connectivity index (χ4v) is 3.14. The summed E-state index contributed by atoms with van der Waals surface area (Å²) in [5.41, 5.74) is 5.98. The van der Waals surface area contributed by atoms with Crippen molar-refractivity contribution in [3.8, 4) is 0 Å². The minimum atomic E-state index is 0.269. The molecule has 0 spiro atoms. The van der Waals surface area contributed by atoms with E-state index < -0.39 is 0 Å². The minimum absolute atomic E-state index is 0.269. The average molecular weight is 249 g/mol. The first-order valence-corrected chi connectivity index (χ1v) is 7.06. The third kappa shape index (κ3) is 2.06. The second-order valence-electron chi connectivity index (χ2n) is 5.95. The molecular formula is C13H23N5. The van der Waals surface area contributed by atoms with Gasteiger partial charge in [0.25, 0.3) is 0 Å². The lowest BCUT2D eigenvalue weighted by Gasteiger charge is -2.23. The van der Waals surface area contributed by atoms with Gasteiger partial charge in [0.2, 0.25) is 0 Å². The average Bonchev–Trinajstić information content (AvgIpc) is 2.92. The maximum atomic E-state index is 5.98. The van der Waals surface area contributed by atoms with Gasteiger partial charge in [-0.15, -0.1) is 10.2 Å². The number of likely N-dealkylation sites (tertiary alicyclic amines) is 1. The standard InChI is InChI=1S/C13H23N5/c1-9(2)17-5-3-10(8-17)13-16-15-12-7-11(14)4-6-18(12)13/h9-11H,3-8,14H2,1-2H3. The lowest BCUT2D eigenvalue weighted by Crippen LogP contribution is -2.32. The van der Waals surface area contributed by atoms with Crippen LogP contribution in [0.1, 0.15) is 44.3 Å². The maximum absolute atomic E-state index is 5.98. The van der Waals surface area contributed by atoms with Crippen molar-refractivity contribution < 1.29 is 0 Å².